The van der Waals surface area contributed by atoms with Crippen molar-refractivity contribution >= 4 is 46.4 Å². The smallest absolute Gasteiger partial charge is 0.311 e. The number of halogens is 1. The van der Waals surface area contributed by atoms with Crippen LogP contribution in [0.5, 0.6) is 0 Å². The first-order valence-corrected chi connectivity index (χ1v) is 10.6. The van der Waals surface area contributed by atoms with Crippen LogP contribution in [-0.2, 0) is 30.5 Å². The van der Waals surface area contributed by atoms with Gasteiger partial charge in [-0.05, 0) is 41.5 Å². The van der Waals surface area contributed by atoms with Gasteiger partial charge in [-0.2, -0.15) is 9.97 Å². The molecule has 33 heavy (non-hydrogen) atoms. The van der Waals surface area contributed by atoms with E-state index < -0.39 is 28.9 Å². The number of anilines is 1. The molecule has 0 aliphatic heterocycles. The molecule has 0 spiro atoms. The van der Waals surface area contributed by atoms with Gasteiger partial charge in [-0.3, -0.25) is 19.0 Å². The van der Waals surface area contributed by atoms with Gasteiger partial charge in [0.1, 0.15) is 31.6 Å². The van der Waals surface area contributed by atoms with Crippen LogP contribution in [0.25, 0.3) is 11.2 Å². The van der Waals surface area contributed by atoms with Gasteiger partial charge in [-0.1, -0.05) is 11.6 Å². The Morgan fingerprint density at radius 3 is 1.94 bits per heavy atom. The van der Waals surface area contributed by atoms with Crippen LogP contribution in [0.3, 0.4) is 0 Å². The molecular weight excluding hydrogens is 454 g/mol. The van der Waals surface area contributed by atoms with Crippen LogP contribution in [0.2, 0.25) is 5.15 Å². The summed E-state index contributed by atoms with van der Waals surface area (Å²) in [6.45, 7) is 11.1. The lowest BCUT2D eigenvalue weighted by Crippen LogP contribution is -2.34. The Balaban J connectivity index is 2.27. The molecule has 0 saturated carbocycles. The molecule has 0 radical (unpaired) electrons. The lowest BCUT2D eigenvalue weighted by Gasteiger charge is -2.23. The van der Waals surface area contributed by atoms with E-state index >= 15 is 0 Å². The molecule has 11 nitrogen and oxygen atoms in total. The minimum Gasteiger partial charge on any atom is -0.462 e. The van der Waals surface area contributed by atoms with Crippen molar-refractivity contribution in [2.75, 3.05) is 18.9 Å². The quantitative estimate of drug-likeness (QED) is 0.337. The number of ketones is 1. The Labute approximate surface area is 196 Å². The zero-order chi connectivity index (χ0) is 25.1. The monoisotopic (exact) mass is 483 g/mol. The molecule has 2 heterocycles. The number of nitrogen functional groups attached to an aromatic ring is 1. The number of hydrogen-bond acceptors (Lipinski definition) is 10. The lowest BCUT2D eigenvalue weighted by molar-refractivity contribution is -0.166. The molecule has 0 saturated heterocycles. The number of ether oxygens (including phenoxy) is 3. The molecule has 2 aromatic heterocycles. The highest BCUT2D eigenvalue weighted by Crippen LogP contribution is 2.23. The van der Waals surface area contributed by atoms with E-state index in [9.17, 15) is 14.4 Å². The van der Waals surface area contributed by atoms with E-state index in [0.717, 1.165) is 0 Å². The second kappa shape index (κ2) is 10.0. The van der Waals surface area contributed by atoms with Gasteiger partial charge in [-0.15, -0.1) is 0 Å². The molecule has 0 fully saturated rings. The average molecular weight is 484 g/mol. The van der Waals surface area contributed by atoms with Crippen molar-refractivity contribution in [1.82, 2.24) is 19.5 Å². The summed E-state index contributed by atoms with van der Waals surface area (Å²) in [5.41, 5.74) is 4.64. The van der Waals surface area contributed by atoms with Gasteiger partial charge in [0.05, 0.1) is 10.8 Å². The number of rotatable bonds is 8. The third-order valence-corrected chi connectivity index (χ3v) is 4.61. The summed E-state index contributed by atoms with van der Waals surface area (Å²) in [6, 6.07) is 0. The predicted molar refractivity (Wildman–Crippen MR) is 120 cm³/mol. The van der Waals surface area contributed by atoms with Crippen LogP contribution < -0.4 is 5.73 Å². The highest BCUT2D eigenvalue weighted by Gasteiger charge is 2.28. The van der Waals surface area contributed by atoms with Gasteiger partial charge >= 0.3 is 11.9 Å². The Morgan fingerprint density at radius 1 is 0.970 bits per heavy atom. The zero-order valence-corrected chi connectivity index (χ0v) is 20.6. The molecule has 182 valence electrons. The normalized spacial score (nSPS) is 12.3. The summed E-state index contributed by atoms with van der Waals surface area (Å²) >= 11 is 6.10. The number of hydrogen-bond donors (Lipinski definition) is 1. The molecule has 0 aliphatic rings. The second-order valence-corrected chi connectivity index (χ2v) is 9.94. The molecule has 12 heteroatoms. The van der Waals surface area contributed by atoms with Gasteiger partial charge in [0.25, 0.3) is 0 Å². The van der Waals surface area contributed by atoms with Crippen molar-refractivity contribution in [3.63, 3.8) is 0 Å². The highest BCUT2D eigenvalue weighted by atomic mass is 35.5. The number of imidazole rings is 1. The fourth-order valence-corrected chi connectivity index (χ4v) is 2.68. The number of esters is 2. The molecule has 2 rings (SSSR count). The Hall–Kier alpha value is -2.79. The largest absolute Gasteiger partial charge is 0.462 e. The van der Waals surface area contributed by atoms with Crippen molar-refractivity contribution in [2.45, 2.75) is 61.3 Å². The molecule has 0 atom stereocenters. The van der Waals surface area contributed by atoms with Gasteiger partial charge in [0.2, 0.25) is 5.95 Å². The first kappa shape index (κ1) is 26.5. The second-order valence-electron chi connectivity index (χ2n) is 9.58. The maximum absolute atomic E-state index is 12.2. The van der Waals surface area contributed by atoms with Crippen LogP contribution in [-0.4, -0.2) is 56.6 Å². The van der Waals surface area contributed by atoms with E-state index in [1.807, 2.05) is 0 Å². The van der Waals surface area contributed by atoms with Gasteiger partial charge in [-0.25, -0.2) is 4.98 Å². The molecule has 2 aromatic rings. The predicted octanol–water partition coefficient (Wildman–Crippen LogP) is 2.79. The minimum atomic E-state index is -0.825. The lowest BCUT2D eigenvalue weighted by atomic mass is 9.97. The van der Waals surface area contributed by atoms with Crippen molar-refractivity contribution < 1.29 is 28.6 Å². The Morgan fingerprint density at radius 2 is 1.48 bits per heavy atom. The first-order chi connectivity index (χ1) is 15.1. The van der Waals surface area contributed by atoms with Crippen molar-refractivity contribution in [3.05, 3.63) is 11.0 Å². The summed E-state index contributed by atoms with van der Waals surface area (Å²) in [5.74, 6) is -1.31. The zero-order valence-electron chi connectivity index (χ0n) is 19.9. The van der Waals surface area contributed by atoms with E-state index in [1.54, 1.807) is 41.5 Å². The number of carbonyl (C=O) groups is 3. The van der Waals surface area contributed by atoms with Crippen LogP contribution in [0.15, 0.2) is 0 Å². The summed E-state index contributed by atoms with van der Waals surface area (Å²) in [5, 5.41) is -0.00601. The van der Waals surface area contributed by atoms with Crippen LogP contribution in [0.4, 0.5) is 5.95 Å². The summed E-state index contributed by atoms with van der Waals surface area (Å²) in [4.78, 5) is 48.7. The SMILES string of the molecule is CC(=O)c1nc2c(Cl)nc(N)nc2n1COC(COC(=O)C(C)(C)C)COC(=O)C(C)(C)C. The van der Waals surface area contributed by atoms with E-state index in [1.165, 1.54) is 11.5 Å². The fourth-order valence-electron chi connectivity index (χ4n) is 2.47. The van der Waals surface area contributed by atoms with E-state index in [4.69, 9.17) is 31.5 Å². The fraction of sp³-hybridized carbons (Fsp3) is 0.619. The third-order valence-electron chi connectivity index (χ3n) is 4.35. The number of nitrogens with two attached hydrogens (primary N) is 1. The van der Waals surface area contributed by atoms with Crippen LogP contribution in [0.1, 0.15) is 59.1 Å². The van der Waals surface area contributed by atoms with E-state index in [2.05, 4.69) is 15.0 Å². The van der Waals surface area contributed by atoms with E-state index in [0.29, 0.717) is 0 Å². The summed E-state index contributed by atoms with van der Waals surface area (Å²) < 4.78 is 17.9. The topological polar surface area (TPSA) is 149 Å². The van der Waals surface area contributed by atoms with Crippen molar-refractivity contribution in [1.29, 1.82) is 0 Å². The highest BCUT2D eigenvalue weighted by molar-refractivity contribution is 6.33. The summed E-state index contributed by atoms with van der Waals surface area (Å²) in [6.07, 6.45) is -0.825. The van der Waals surface area contributed by atoms with Gasteiger partial charge in [0.15, 0.2) is 22.4 Å². The number of Topliss-reactive ketones (excluding diaryl/α,β-unsaturated/α-hetero) is 1. The van der Waals surface area contributed by atoms with Crippen LogP contribution >= 0.6 is 11.6 Å². The Kier molecular flexibility index (Phi) is 8.02. The van der Waals surface area contributed by atoms with E-state index in [-0.39, 0.29) is 53.8 Å². The molecular formula is C21H30ClN5O6. The van der Waals surface area contributed by atoms with Crippen LogP contribution in [0, 0.1) is 10.8 Å². The van der Waals surface area contributed by atoms with Crippen molar-refractivity contribution in [2.24, 2.45) is 10.8 Å². The molecule has 2 N–H and O–H groups in total. The standard InChI is InChI=1S/C21H30ClN5O6/c1-11(28)15-24-13-14(22)25-19(23)26-16(13)27(15)10-33-12(8-31-17(29)20(2,3)4)9-32-18(30)21(5,6)7/h12H,8-10H2,1-7H3,(H2,23,25,26). The first-order valence-electron chi connectivity index (χ1n) is 10.3. The third kappa shape index (κ3) is 6.84. The maximum Gasteiger partial charge on any atom is 0.311 e. The number of carbonyl (C=O) groups excluding carboxylic acids is 3. The minimum absolute atomic E-state index is 0.00601. The number of aromatic nitrogens is 4. The van der Waals surface area contributed by atoms with Gasteiger partial charge < -0.3 is 19.9 Å². The van der Waals surface area contributed by atoms with Gasteiger partial charge in [0, 0.05) is 6.92 Å². The molecule has 0 amide bonds. The summed E-state index contributed by atoms with van der Waals surface area (Å²) in [7, 11) is 0. The van der Waals surface area contributed by atoms with Crippen molar-refractivity contribution in [3.8, 4) is 0 Å². The molecule has 0 aromatic carbocycles. The molecule has 0 aliphatic carbocycles. The molecule has 0 unspecified atom stereocenters. The number of nitrogens with zero attached hydrogens (tertiary/aromatic N) is 4. The maximum atomic E-state index is 12.2. The average Bonchev–Trinajstić information content (AvgIpc) is 3.04. The Bertz CT molecular complexity index is 1020. The molecule has 0 bridgehead atoms. The number of fused-ring (bicyclic) bond motifs is 1.